The Morgan fingerprint density at radius 1 is 1.17 bits per heavy atom. The number of nitrogens with one attached hydrogen (secondary N) is 2. The molecule has 5 nitrogen and oxygen atoms in total. The minimum absolute atomic E-state index is 0.102. The van der Waals surface area contributed by atoms with Gasteiger partial charge in [-0.3, -0.25) is 0 Å². The monoisotopic (exact) mass is 322 g/mol. The first-order valence-corrected chi connectivity index (χ1v) is 8.36. The van der Waals surface area contributed by atoms with Gasteiger partial charge in [-0.2, -0.15) is 0 Å². The number of ether oxygens (including phenoxy) is 2. The van der Waals surface area contributed by atoms with Gasteiger partial charge in [0, 0.05) is 12.6 Å². The van der Waals surface area contributed by atoms with Crippen molar-refractivity contribution in [2.45, 2.75) is 52.0 Å². The molecule has 0 bridgehead atoms. The van der Waals surface area contributed by atoms with Crippen molar-refractivity contribution < 1.29 is 14.3 Å². The van der Waals surface area contributed by atoms with E-state index in [9.17, 15) is 4.79 Å². The summed E-state index contributed by atoms with van der Waals surface area (Å²) in [6.07, 6.45) is 5.34. The summed E-state index contributed by atoms with van der Waals surface area (Å²) in [5.74, 6) is 1.42. The van der Waals surface area contributed by atoms with Gasteiger partial charge in [0.05, 0.1) is 14.2 Å². The van der Waals surface area contributed by atoms with Crippen LogP contribution >= 0.6 is 0 Å². The smallest absolute Gasteiger partial charge is 0.315 e. The van der Waals surface area contributed by atoms with E-state index in [0.29, 0.717) is 18.0 Å². The highest BCUT2D eigenvalue weighted by Crippen LogP contribution is 2.27. The van der Waals surface area contributed by atoms with E-state index in [1.54, 1.807) is 14.2 Å². The van der Waals surface area contributed by atoms with Gasteiger partial charge in [0.25, 0.3) is 0 Å². The zero-order valence-corrected chi connectivity index (χ0v) is 14.8. The quantitative estimate of drug-likeness (QED) is 0.648. The molecule has 5 heteroatoms. The first-order chi connectivity index (χ1) is 11.1. The summed E-state index contributed by atoms with van der Waals surface area (Å²) in [5, 5.41) is 5.87. The number of rotatable bonds is 10. The number of urea groups is 1. The second-order valence-electron chi connectivity index (χ2n) is 5.74. The van der Waals surface area contributed by atoms with Crippen LogP contribution in [0.1, 0.15) is 45.1 Å². The maximum Gasteiger partial charge on any atom is 0.315 e. The molecule has 1 unspecified atom stereocenters. The zero-order chi connectivity index (χ0) is 17.1. The van der Waals surface area contributed by atoms with E-state index in [1.807, 2.05) is 25.1 Å². The summed E-state index contributed by atoms with van der Waals surface area (Å²) in [5.41, 5.74) is 1.10. The van der Waals surface area contributed by atoms with E-state index in [0.717, 1.165) is 24.8 Å². The standard InChI is InChI=1S/C18H30N2O3/c1-5-6-7-8-14(2)20-18(21)19-12-11-15-9-10-16(22-3)17(13-15)23-4/h9-10,13-14H,5-8,11-12H2,1-4H3,(H2,19,20,21). The first-order valence-electron chi connectivity index (χ1n) is 8.36. The van der Waals surface area contributed by atoms with Crippen molar-refractivity contribution >= 4 is 6.03 Å². The van der Waals surface area contributed by atoms with Gasteiger partial charge in [0.1, 0.15) is 0 Å². The molecule has 0 heterocycles. The van der Waals surface area contributed by atoms with Gasteiger partial charge in [-0.15, -0.1) is 0 Å². The molecular weight excluding hydrogens is 292 g/mol. The number of carbonyl (C=O) groups excluding carboxylic acids is 1. The van der Waals surface area contributed by atoms with Crippen molar-refractivity contribution in [3.63, 3.8) is 0 Å². The molecule has 2 amide bonds. The van der Waals surface area contributed by atoms with Crippen molar-refractivity contribution in [2.24, 2.45) is 0 Å². The molecule has 2 N–H and O–H groups in total. The normalized spacial score (nSPS) is 11.7. The fourth-order valence-electron chi connectivity index (χ4n) is 2.40. The Balaban J connectivity index is 2.32. The van der Waals surface area contributed by atoms with Crippen LogP contribution in [0, 0.1) is 0 Å². The molecule has 23 heavy (non-hydrogen) atoms. The Labute approximate surface area is 139 Å². The van der Waals surface area contributed by atoms with Gasteiger partial charge in [0.15, 0.2) is 11.5 Å². The molecule has 0 spiro atoms. The van der Waals surface area contributed by atoms with E-state index >= 15 is 0 Å². The highest BCUT2D eigenvalue weighted by atomic mass is 16.5. The van der Waals surface area contributed by atoms with Crippen LogP contribution in [-0.4, -0.2) is 32.8 Å². The SMILES string of the molecule is CCCCCC(C)NC(=O)NCCc1ccc(OC)c(OC)c1. The summed E-state index contributed by atoms with van der Waals surface area (Å²) < 4.78 is 10.5. The predicted molar refractivity (Wildman–Crippen MR) is 93.4 cm³/mol. The third kappa shape index (κ3) is 7.26. The van der Waals surface area contributed by atoms with Gasteiger partial charge in [-0.1, -0.05) is 32.3 Å². The van der Waals surface area contributed by atoms with E-state index in [1.165, 1.54) is 12.8 Å². The average Bonchev–Trinajstić information content (AvgIpc) is 2.54. The van der Waals surface area contributed by atoms with Crippen LogP contribution in [0.3, 0.4) is 0 Å². The Kier molecular flexibility index (Phi) is 8.95. The van der Waals surface area contributed by atoms with Crippen molar-refractivity contribution in [2.75, 3.05) is 20.8 Å². The highest BCUT2D eigenvalue weighted by Gasteiger charge is 2.07. The van der Waals surface area contributed by atoms with Crippen LogP contribution in [0.2, 0.25) is 0 Å². The molecule has 0 aliphatic rings. The highest BCUT2D eigenvalue weighted by molar-refractivity contribution is 5.74. The lowest BCUT2D eigenvalue weighted by Crippen LogP contribution is -2.41. The summed E-state index contributed by atoms with van der Waals surface area (Å²) in [6, 6.07) is 5.90. The average molecular weight is 322 g/mol. The van der Waals surface area contributed by atoms with Crippen LogP contribution in [0.25, 0.3) is 0 Å². The van der Waals surface area contributed by atoms with Gasteiger partial charge < -0.3 is 20.1 Å². The molecule has 1 aromatic carbocycles. The van der Waals surface area contributed by atoms with Gasteiger partial charge >= 0.3 is 6.03 Å². The van der Waals surface area contributed by atoms with E-state index < -0.39 is 0 Å². The number of hydrogen-bond acceptors (Lipinski definition) is 3. The molecule has 0 saturated carbocycles. The largest absolute Gasteiger partial charge is 0.493 e. The van der Waals surface area contributed by atoms with E-state index in [-0.39, 0.29) is 12.1 Å². The lowest BCUT2D eigenvalue weighted by Gasteiger charge is -2.14. The second kappa shape index (κ2) is 10.8. The molecule has 0 fully saturated rings. The molecule has 130 valence electrons. The summed E-state index contributed by atoms with van der Waals surface area (Å²) in [6.45, 7) is 4.81. The second-order valence-corrected chi connectivity index (χ2v) is 5.74. The fourth-order valence-corrected chi connectivity index (χ4v) is 2.40. The summed E-state index contributed by atoms with van der Waals surface area (Å²) in [7, 11) is 3.23. The van der Waals surface area contributed by atoms with Gasteiger partial charge in [0.2, 0.25) is 0 Å². The van der Waals surface area contributed by atoms with Crippen molar-refractivity contribution in [3.05, 3.63) is 23.8 Å². The molecule has 1 aromatic rings. The third-order valence-electron chi connectivity index (χ3n) is 3.77. The Morgan fingerprint density at radius 2 is 1.91 bits per heavy atom. The van der Waals surface area contributed by atoms with Crippen molar-refractivity contribution in [3.8, 4) is 11.5 Å². The molecule has 0 radical (unpaired) electrons. The number of unbranched alkanes of at least 4 members (excludes halogenated alkanes) is 2. The molecule has 1 rings (SSSR count). The first kappa shape index (κ1) is 19.1. The van der Waals surface area contributed by atoms with Crippen LogP contribution in [0.15, 0.2) is 18.2 Å². The molecule has 0 aromatic heterocycles. The van der Waals surface area contributed by atoms with Crippen LogP contribution in [0.4, 0.5) is 4.79 Å². The number of benzene rings is 1. The number of methoxy groups -OCH3 is 2. The van der Waals surface area contributed by atoms with Crippen molar-refractivity contribution in [1.29, 1.82) is 0 Å². The minimum atomic E-state index is -0.102. The molecule has 0 saturated heterocycles. The Hall–Kier alpha value is -1.91. The van der Waals surface area contributed by atoms with Crippen LogP contribution in [0.5, 0.6) is 11.5 Å². The summed E-state index contributed by atoms with van der Waals surface area (Å²) >= 11 is 0. The minimum Gasteiger partial charge on any atom is -0.493 e. The Bertz CT molecular complexity index is 477. The van der Waals surface area contributed by atoms with E-state index in [4.69, 9.17) is 9.47 Å². The maximum absolute atomic E-state index is 11.8. The molecule has 1 atom stereocenters. The topological polar surface area (TPSA) is 59.6 Å². The van der Waals surface area contributed by atoms with Crippen molar-refractivity contribution in [1.82, 2.24) is 10.6 Å². The van der Waals surface area contributed by atoms with Crippen LogP contribution in [-0.2, 0) is 6.42 Å². The van der Waals surface area contributed by atoms with E-state index in [2.05, 4.69) is 17.6 Å². The molecule has 0 aliphatic carbocycles. The van der Waals surface area contributed by atoms with Gasteiger partial charge in [-0.25, -0.2) is 4.79 Å². The Morgan fingerprint density at radius 3 is 2.57 bits per heavy atom. The lowest BCUT2D eigenvalue weighted by molar-refractivity contribution is 0.237. The maximum atomic E-state index is 11.8. The number of carbonyl (C=O) groups is 1. The molecule has 0 aliphatic heterocycles. The van der Waals surface area contributed by atoms with Crippen LogP contribution < -0.4 is 20.1 Å². The fraction of sp³-hybridized carbons (Fsp3) is 0.611. The number of hydrogen-bond donors (Lipinski definition) is 2. The third-order valence-corrected chi connectivity index (χ3v) is 3.77. The molecular formula is C18H30N2O3. The zero-order valence-electron chi connectivity index (χ0n) is 14.8. The predicted octanol–water partition coefficient (Wildman–Crippen LogP) is 3.51. The number of amides is 2. The van der Waals surface area contributed by atoms with Gasteiger partial charge in [-0.05, 0) is 37.5 Å². The lowest BCUT2D eigenvalue weighted by atomic mass is 10.1. The summed E-state index contributed by atoms with van der Waals surface area (Å²) in [4.78, 5) is 11.8.